The molecular formula is C21H27N3OS. The second-order valence-electron chi connectivity index (χ2n) is 7.54. The van der Waals surface area contributed by atoms with Crippen molar-refractivity contribution < 1.29 is 5.11 Å². The number of rotatable bonds is 6. The molecule has 0 spiro atoms. The Kier molecular flexibility index (Phi) is 6.10. The zero-order valence-corrected chi connectivity index (χ0v) is 16.3. The summed E-state index contributed by atoms with van der Waals surface area (Å²) in [6.07, 6.45) is 1.15. The van der Waals surface area contributed by atoms with Gasteiger partial charge in [-0.05, 0) is 79.5 Å². The highest BCUT2D eigenvalue weighted by atomic mass is 32.1. The topological polar surface area (TPSA) is 59.3 Å². The van der Waals surface area contributed by atoms with Crippen LogP contribution in [-0.2, 0) is 5.41 Å². The molecule has 0 aliphatic carbocycles. The van der Waals surface area contributed by atoms with Crippen LogP contribution in [0.15, 0.2) is 41.1 Å². The van der Waals surface area contributed by atoms with E-state index >= 15 is 0 Å². The molecule has 3 rings (SSSR count). The van der Waals surface area contributed by atoms with Crippen LogP contribution in [0.3, 0.4) is 0 Å². The Bertz CT molecular complexity index is 753. The molecule has 26 heavy (non-hydrogen) atoms. The third kappa shape index (κ3) is 3.99. The average Bonchev–Trinajstić information content (AvgIpc) is 3.18. The lowest BCUT2D eigenvalue weighted by Crippen LogP contribution is -2.52. The quantitative estimate of drug-likeness (QED) is 0.821. The van der Waals surface area contributed by atoms with E-state index in [-0.39, 0.29) is 5.41 Å². The number of thiophene rings is 1. The van der Waals surface area contributed by atoms with Crippen molar-refractivity contribution in [3.63, 3.8) is 0 Å². The van der Waals surface area contributed by atoms with Gasteiger partial charge in [0.2, 0.25) is 0 Å². The van der Waals surface area contributed by atoms with Crippen LogP contribution < -0.4 is 5.32 Å². The van der Waals surface area contributed by atoms with Crippen LogP contribution >= 0.6 is 11.3 Å². The molecule has 0 amide bonds. The van der Waals surface area contributed by atoms with Crippen LogP contribution in [0, 0.1) is 17.2 Å². The monoisotopic (exact) mass is 369 g/mol. The molecule has 2 N–H and O–H groups in total. The zero-order valence-electron chi connectivity index (χ0n) is 15.5. The van der Waals surface area contributed by atoms with Gasteiger partial charge in [0.1, 0.15) is 0 Å². The number of nitrogens with zero attached hydrogens (tertiary/aromatic N) is 2. The zero-order chi connectivity index (χ0) is 18.6. The summed E-state index contributed by atoms with van der Waals surface area (Å²) in [7, 11) is 4.20. The average molecular weight is 370 g/mol. The van der Waals surface area contributed by atoms with E-state index in [9.17, 15) is 10.4 Å². The normalized spacial score (nSPS) is 24.3. The maximum Gasteiger partial charge on any atom is 0.0991 e. The molecule has 1 aliphatic heterocycles. The Labute approximate surface area is 160 Å². The van der Waals surface area contributed by atoms with Crippen molar-refractivity contribution in [2.45, 2.75) is 24.4 Å². The van der Waals surface area contributed by atoms with Crippen LogP contribution in [0.1, 0.15) is 35.6 Å². The van der Waals surface area contributed by atoms with Gasteiger partial charge in [-0.25, -0.2) is 0 Å². The van der Waals surface area contributed by atoms with Crippen LogP contribution in [-0.4, -0.2) is 43.7 Å². The maximum atomic E-state index is 11.0. The number of nitriles is 1. The largest absolute Gasteiger partial charge is 0.388 e. The van der Waals surface area contributed by atoms with E-state index in [0.717, 1.165) is 31.6 Å². The Morgan fingerprint density at radius 1 is 1.42 bits per heavy atom. The molecule has 1 fully saturated rings. The molecule has 138 valence electrons. The van der Waals surface area contributed by atoms with Gasteiger partial charge in [0, 0.05) is 18.5 Å². The van der Waals surface area contributed by atoms with Crippen molar-refractivity contribution in [1.29, 1.82) is 5.26 Å². The summed E-state index contributed by atoms with van der Waals surface area (Å²) in [6.45, 7) is 2.79. The summed E-state index contributed by atoms with van der Waals surface area (Å²) in [4.78, 5) is 2.22. The van der Waals surface area contributed by atoms with Gasteiger partial charge in [-0.3, -0.25) is 0 Å². The third-order valence-electron chi connectivity index (χ3n) is 5.56. The second-order valence-corrected chi connectivity index (χ2v) is 8.32. The Morgan fingerprint density at radius 3 is 2.96 bits per heavy atom. The van der Waals surface area contributed by atoms with Crippen molar-refractivity contribution in [1.82, 2.24) is 10.2 Å². The van der Waals surface area contributed by atoms with E-state index < -0.39 is 6.10 Å². The molecule has 4 nitrogen and oxygen atoms in total. The minimum atomic E-state index is -0.491. The number of hydrogen-bond acceptors (Lipinski definition) is 5. The molecule has 2 aromatic rings. The van der Waals surface area contributed by atoms with E-state index in [1.165, 1.54) is 5.56 Å². The van der Waals surface area contributed by atoms with Crippen molar-refractivity contribution in [2.75, 3.05) is 33.7 Å². The number of piperidine rings is 1. The van der Waals surface area contributed by atoms with Crippen molar-refractivity contribution in [2.24, 2.45) is 5.92 Å². The van der Waals surface area contributed by atoms with E-state index in [2.05, 4.69) is 36.4 Å². The molecule has 2 heterocycles. The van der Waals surface area contributed by atoms with Crippen LogP contribution in [0.2, 0.25) is 0 Å². The number of aliphatic hydroxyl groups is 1. The fourth-order valence-electron chi connectivity index (χ4n) is 4.26. The SMILES string of the molecule is CN(C)CC1CNCCC1(C[C@H](O)c1ccsc1)c1cccc(C#N)c1. The first-order valence-corrected chi connectivity index (χ1v) is 10.1. The highest BCUT2D eigenvalue weighted by molar-refractivity contribution is 7.07. The molecule has 2 unspecified atom stereocenters. The molecule has 0 radical (unpaired) electrons. The highest BCUT2D eigenvalue weighted by Gasteiger charge is 2.44. The first kappa shape index (κ1) is 19.1. The van der Waals surface area contributed by atoms with E-state index in [1.807, 2.05) is 35.0 Å². The number of benzene rings is 1. The van der Waals surface area contributed by atoms with Crippen molar-refractivity contribution >= 4 is 11.3 Å². The Hall–Kier alpha value is -1.71. The summed E-state index contributed by atoms with van der Waals surface area (Å²) in [5, 5.41) is 27.9. The van der Waals surface area contributed by atoms with Gasteiger partial charge in [-0.1, -0.05) is 12.1 Å². The first-order chi connectivity index (χ1) is 12.5. The predicted octanol–water partition coefficient (Wildman–Crippen LogP) is 3.15. The first-order valence-electron chi connectivity index (χ1n) is 9.11. The minimum absolute atomic E-state index is 0.149. The molecule has 1 saturated heterocycles. The lowest BCUT2D eigenvalue weighted by Gasteiger charge is -2.47. The van der Waals surface area contributed by atoms with E-state index in [4.69, 9.17) is 0 Å². The molecule has 1 aromatic heterocycles. The summed E-state index contributed by atoms with van der Waals surface area (Å²) < 4.78 is 0. The summed E-state index contributed by atoms with van der Waals surface area (Å²) in [5.41, 5.74) is 2.71. The standard InChI is InChI=1S/C21H27N3OS/c1-24(2)14-19-13-23-8-7-21(19,11-20(25)17-6-9-26-15-17)18-5-3-4-16(10-18)12-22/h3-6,9-10,15,19-20,23,25H,7-8,11,13-14H2,1-2H3/t19?,20-,21?/m0/s1. The fourth-order valence-corrected chi connectivity index (χ4v) is 4.97. The van der Waals surface area contributed by atoms with Crippen molar-refractivity contribution in [3.8, 4) is 6.07 Å². The van der Waals surface area contributed by atoms with Gasteiger partial charge in [0.15, 0.2) is 0 Å². The number of aliphatic hydroxyl groups excluding tert-OH is 1. The van der Waals surface area contributed by atoms with Crippen LogP contribution in [0.25, 0.3) is 0 Å². The minimum Gasteiger partial charge on any atom is -0.388 e. The van der Waals surface area contributed by atoms with Gasteiger partial charge in [-0.2, -0.15) is 16.6 Å². The Morgan fingerprint density at radius 2 is 2.27 bits per heavy atom. The molecule has 1 aliphatic rings. The van der Waals surface area contributed by atoms with Crippen LogP contribution in [0.5, 0.6) is 0 Å². The lowest BCUT2D eigenvalue weighted by atomic mass is 9.62. The fraction of sp³-hybridized carbons (Fsp3) is 0.476. The third-order valence-corrected chi connectivity index (χ3v) is 6.26. The second kappa shape index (κ2) is 8.32. The van der Waals surface area contributed by atoms with E-state index in [1.54, 1.807) is 11.3 Å². The van der Waals surface area contributed by atoms with Gasteiger partial charge in [-0.15, -0.1) is 0 Å². The highest BCUT2D eigenvalue weighted by Crippen LogP contribution is 2.45. The summed E-state index contributed by atoms with van der Waals surface area (Å²) >= 11 is 1.62. The predicted molar refractivity (Wildman–Crippen MR) is 106 cm³/mol. The molecule has 0 bridgehead atoms. The summed E-state index contributed by atoms with van der Waals surface area (Å²) in [6, 6.07) is 12.3. The van der Waals surface area contributed by atoms with E-state index in [0.29, 0.717) is 17.9 Å². The maximum absolute atomic E-state index is 11.0. The molecule has 1 aromatic carbocycles. The molecular weight excluding hydrogens is 342 g/mol. The molecule has 3 atom stereocenters. The smallest absolute Gasteiger partial charge is 0.0991 e. The molecule has 5 heteroatoms. The van der Waals surface area contributed by atoms with Crippen LogP contribution in [0.4, 0.5) is 0 Å². The van der Waals surface area contributed by atoms with Gasteiger partial charge in [0.05, 0.1) is 17.7 Å². The van der Waals surface area contributed by atoms with Crippen molar-refractivity contribution in [3.05, 3.63) is 57.8 Å². The number of nitrogens with one attached hydrogen (secondary N) is 1. The lowest BCUT2D eigenvalue weighted by molar-refractivity contribution is 0.0737. The van der Waals surface area contributed by atoms with Gasteiger partial charge in [0.25, 0.3) is 0 Å². The number of hydrogen-bond donors (Lipinski definition) is 2. The van der Waals surface area contributed by atoms with Gasteiger partial charge < -0.3 is 15.3 Å². The van der Waals surface area contributed by atoms with Gasteiger partial charge >= 0.3 is 0 Å². The Balaban J connectivity index is 2.02. The molecule has 0 saturated carbocycles. The summed E-state index contributed by atoms with van der Waals surface area (Å²) in [5.74, 6) is 0.369.